The summed E-state index contributed by atoms with van der Waals surface area (Å²) in [4.78, 5) is 2.38. The summed E-state index contributed by atoms with van der Waals surface area (Å²) in [6, 6.07) is 8.73. The minimum absolute atomic E-state index is 0.860. The van der Waals surface area contributed by atoms with Gasteiger partial charge in [-0.2, -0.15) is 5.10 Å². The second-order valence-electron chi connectivity index (χ2n) is 5.85. The SMILES string of the molecule is CCCc1nn(C)c(N2CCCc3ccccc3C2)c1N. The second kappa shape index (κ2) is 5.80. The molecule has 0 spiro atoms. The minimum atomic E-state index is 0.860. The summed E-state index contributed by atoms with van der Waals surface area (Å²) in [6.07, 6.45) is 4.32. The van der Waals surface area contributed by atoms with Gasteiger partial charge in [-0.1, -0.05) is 37.6 Å². The van der Waals surface area contributed by atoms with Crippen LogP contribution in [-0.4, -0.2) is 16.3 Å². The number of anilines is 2. The van der Waals surface area contributed by atoms with Crippen molar-refractivity contribution in [3.05, 3.63) is 41.1 Å². The standard InChI is InChI=1S/C17H24N4/c1-3-7-15-16(18)17(20(2)19-15)21-11-6-10-13-8-4-5-9-14(13)12-21/h4-5,8-9H,3,6-7,10-12,18H2,1-2H3. The molecule has 1 aliphatic heterocycles. The Hall–Kier alpha value is -1.97. The van der Waals surface area contributed by atoms with Crippen molar-refractivity contribution >= 4 is 11.5 Å². The maximum absolute atomic E-state index is 6.37. The van der Waals surface area contributed by atoms with E-state index in [0.717, 1.165) is 56.0 Å². The summed E-state index contributed by atoms with van der Waals surface area (Å²) in [5.41, 5.74) is 11.1. The molecule has 0 bridgehead atoms. The van der Waals surface area contributed by atoms with Crippen molar-refractivity contribution < 1.29 is 0 Å². The van der Waals surface area contributed by atoms with E-state index in [1.54, 1.807) is 0 Å². The zero-order valence-corrected chi connectivity index (χ0v) is 13.0. The summed E-state index contributed by atoms with van der Waals surface area (Å²) >= 11 is 0. The monoisotopic (exact) mass is 284 g/mol. The van der Waals surface area contributed by atoms with E-state index in [1.807, 2.05) is 11.7 Å². The highest BCUT2D eigenvalue weighted by atomic mass is 15.4. The van der Waals surface area contributed by atoms with Crippen molar-refractivity contribution in [3.8, 4) is 0 Å². The zero-order chi connectivity index (χ0) is 14.8. The molecule has 0 atom stereocenters. The highest BCUT2D eigenvalue weighted by molar-refractivity contribution is 5.67. The van der Waals surface area contributed by atoms with E-state index >= 15 is 0 Å². The number of aryl methyl sites for hydroxylation is 3. The van der Waals surface area contributed by atoms with Gasteiger partial charge in [-0.25, -0.2) is 0 Å². The van der Waals surface area contributed by atoms with Gasteiger partial charge in [0.15, 0.2) is 5.82 Å². The van der Waals surface area contributed by atoms with Crippen LogP contribution in [0.3, 0.4) is 0 Å². The Balaban J connectivity index is 1.94. The Kier molecular flexibility index (Phi) is 3.86. The molecule has 0 amide bonds. The third-order valence-corrected chi connectivity index (χ3v) is 4.27. The molecule has 3 rings (SSSR count). The maximum Gasteiger partial charge on any atom is 0.150 e. The number of hydrogen-bond acceptors (Lipinski definition) is 3. The van der Waals surface area contributed by atoms with Gasteiger partial charge in [0.05, 0.1) is 11.4 Å². The van der Waals surface area contributed by atoms with Crippen LogP contribution in [0.1, 0.15) is 36.6 Å². The van der Waals surface area contributed by atoms with Crippen LogP contribution in [0.5, 0.6) is 0 Å². The largest absolute Gasteiger partial charge is 0.394 e. The molecule has 0 aliphatic carbocycles. The summed E-state index contributed by atoms with van der Waals surface area (Å²) < 4.78 is 1.95. The second-order valence-corrected chi connectivity index (χ2v) is 5.85. The molecule has 0 saturated carbocycles. The molecule has 2 N–H and O–H groups in total. The number of rotatable bonds is 3. The molecule has 1 aromatic heterocycles. The lowest BCUT2D eigenvalue weighted by molar-refractivity contribution is 0.682. The van der Waals surface area contributed by atoms with Gasteiger partial charge in [-0.15, -0.1) is 0 Å². The quantitative estimate of drug-likeness (QED) is 0.942. The van der Waals surface area contributed by atoms with Crippen LogP contribution >= 0.6 is 0 Å². The van der Waals surface area contributed by atoms with E-state index in [0.29, 0.717) is 0 Å². The molecule has 4 heteroatoms. The average Bonchev–Trinajstić information content (AvgIpc) is 2.65. The third kappa shape index (κ3) is 2.62. The van der Waals surface area contributed by atoms with E-state index < -0.39 is 0 Å². The number of nitrogens with zero attached hydrogens (tertiary/aromatic N) is 3. The molecular formula is C17H24N4. The highest BCUT2D eigenvalue weighted by Crippen LogP contribution is 2.30. The van der Waals surface area contributed by atoms with Crippen LogP contribution in [0, 0.1) is 0 Å². The minimum Gasteiger partial charge on any atom is -0.394 e. The summed E-state index contributed by atoms with van der Waals surface area (Å²) in [6.45, 7) is 4.12. The Bertz CT molecular complexity index is 630. The number of benzene rings is 1. The smallest absolute Gasteiger partial charge is 0.150 e. The maximum atomic E-state index is 6.37. The molecular weight excluding hydrogens is 260 g/mol. The van der Waals surface area contributed by atoms with E-state index in [1.165, 1.54) is 11.1 Å². The Morgan fingerprint density at radius 1 is 1.24 bits per heavy atom. The van der Waals surface area contributed by atoms with Gasteiger partial charge in [-0.3, -0.25) is 4.68 Å². The normalized spacial score (nSPS) is 14.9. The predicted octanol–water partition coefficient (Wildman–Crippen LogP) is 2.91. The summed E-state index contributed by atoms with van der Waals surface area (Å²) in [5, 5.41) is 4.61. The molecule has 2 heterocycles. The number of nitrogens with two attached hydrogens (primary N) is 1. The molecule has 1 aromatic carbocycles. The fraction of sp³-hybridized carbons (Fsp3) is 0.471. The van der Waals surface area contributed by atoms with E-state index in [2.05, 4.69) is 41.2 Å². The van der Waals surface area contributed by atoms with Crippen LogP contribution in [-0.2, 0) is 26.4 Å². The van der Waals surface area contributed by atoms with Crippen molar-refractivity contribution in [2.24, 2.45) is 7.05 Å². The molecule has 4 nitrogen and oxygen atoms in total. The summed E-state index contributed by atoms with van der Waals surface area (Å²) in [7, 11) is 2.00. The molecule has 2 aromatic rings. The molecule has 1 aliphatic rings. The Morgan fingerprint density at radius 3 is 2.76 bits per heavy atom. The van der Waals surface area contributed by atoms with Gasteiger partial charge in [0.1, 0.15) is 0 Å². The zero-order valence-electron chi connectivity index (χ0n) is 13.0. The number of hydrogen-bond donors (Lipinski definition) is 1. The topological polar surface area (TPSA) is 47.1 Å². The number of aromatic nitrogens is 2. The van der Waals surface area contributed by atoms with Crippen LogP contribution in [0.4, 0.5) is 11.5 Å². The van der Waals surface area contributed by atoms with Gasteiger partial charge < -0.3 is 10.6 Å². The average molecular weight is 284 g/mol. The van der Waals surface area contributed by atoms with Crippen LogP contribution in [0.15, 0.2) is 24.3 Å². The molecule has 0 unspecified atom stereocenters. The first-order chi connectivity index (χ1) is 10.2. The van der Waals surface area contributed by atoms with Crippen molar-refractivity contribution in [2.75, 3.05) is 17.2 Å². The van der Waals surface area contributed by atoms with Crippen LogP contribution in [0.25, 0.3) is 0 Å². The molecule has 0 radical (unpaired) electrons. The van der Waals surface area contributed by atoms with Crippen LogP contribution in [0.2, 0.25) is 0 Å². The Morgan fingerprint density at radius 2 is 2.00 bits per heavy atom. The number of fused-ring (bicyclic) bond motifs is 1. The van der Waals surface area contributed by atoms with Gasteiger partial charge in [0.2, 0.25) is 0 Å². The lowest BCUT2D eigenvalue weighted by Crippen LogP contribution is -2.25. The van der Waals surface area contributed by atoms with Crippen LogP contribution < -0.4 is 10.6 Å². The van der Waals surface area contributed by atoms with Gasteiger partial charge in [-0.05, 0) is 30.4 Å². The van der Waals surface area contributed by atoms with Crippen molar-refractivity contribution in [1.29, 1.82) is 0 Å². The Labute approximate surface area is 126 Å². The molecule has 0 fully saturated rings. The van der Waals surface area contributed by atoms with Gasteiger partial charge in [0, 0.05) is 20.1 Å². The first-order valence-electron chi connectivity index (χ1n) is 7.83. The fourth-order valence-electron chi connectivity index (χ4n) is 3.26. The van der Waals surface area contributed by atoms with E-state index in [-0.39, 0.29) is 0 Å². The van der Waals surface area contributed by atoms with Crippen molar-refractivity contribution in [2.45, 2.75) is 39.2 Å². The highest BCUT2D eigenvalue weighted by Gasteiger charge is 2.21. The van der Waals surface area contributed by atoms with Gasteiger partial charge in [0.25, 0.3) is 0 Å². The lowest BCUT2D eigenvalue weighted by atomic mass is 10.0. The fourth-order valence-corrected chi connectivity index (χ4v) is 3.26. The van der Waals surface area contributed by atoms with E-state index in [9.17, 15) is 0 Å². The number of nitrogen functional groups attached to an aromatic ring is 1. The third-order valence-electron chi connectivity index (χ3n) is 4.27. The first-order valence-corrected chi connectivity index (χ1v) is 7.83. The molecule has 0 saturated heterocycles. The first kappa shape index (κ1) is 14.0. The van der Waals surface area contributed by atoms with Crippen molar-refractivity contribution in [1.82, 2.24) is 9.78 Å². The predicted molar refractivity (Wildman–Crippen MR) is 87.4 cm³/mol. The van der Waals surface area contributed by atoms with Crippen molar-refractivity contribution in [3.63, 3.8) is 0 Å². The molecule has 112 valence electrons. The molecule has 21 heavy (non-hydrogen) atoms. The summed E-state index contributed by atoms with van der Waals surface area (Å²) in [5.74, 6) is 1.08. The lowest BCUT2D eigenvalue weighted by Gasteiger charge is -2.23. The van der Waals surface area contributed by atoms with E-state index in [4.69, 9.17) is 5.73 Å². The van der Waals surface area contributed by atoms with Gasteiger partial charge >= 0.3 is 0 Å².